The van der Waals surface area contributed by atoms with Gasteiger partial charge in [0.05, 0.1) is 12.1 Å². The number of hydrogen-bond donors (Lipinski definition) is 2. The second-order valence-electron chi connectivity index (χ2n) is 8.66. The summed E-state index contributed by atoms with van der Waals surface area (Å²) in [4.78, 5) is 20.1. The fourth-order valence-electron chi connectivity index (χ4n) is 4.68. The van der Waals surface area contributed by atoms with Crippen molar-refractivity contribution in [2.24, 2.45) is 10.7 Å². The van der Waals surface area contributed by atoms with Crippen molar-refractivity contribution in [3.8, 4) is 0 Å². The van der Waals surface area contributed by atoms with E-state index >= 15 is 0 Å². The highest BCUT2D eigenvalue weighted by Crippen LogP contribution is 2.46. The first-order chi connectivity index (χ1) is 14.9. The van der Waals surface area contributed by atoms with E-state index in [1.54, 1.807) is 13.0 Å². The maximum atomic E-state index is 13.9. The predicted molar refractivity (Wildman–Crippen MR) is 115 cm³/mol. The number of allylic oxidation sites excluding steroid dienone is 1. The Morgan fingerprint density at radius 2 is 1.94 bits per heavy atom. The largest absolute Gasteiger partial charge is 0.430 e. The monoisotopic (exact) mass is 455 g/mol. The molecule has 176 valence electrons. The lowest BCUT2D eigenvalue weighted by atomic mass is 9.69. The van der Waals surface area contributed by atoms with Crippen molar-refractivity contribution in [3.05, 3.63) is 47.4 Å². The zero-order valence-corrected chi connectivity index (χ0v) is 18.5. The van der Waals surface area contributed by atoms with Crippen LogP contribution in [-0.2, 0) is 5.54 Å². The van der Waals surface area contributed by atoms with Gasteiger partial charge in [0.15, 0.2) is 0 Å². The number of aliphatic imine (C=N–C) groups is 1. The van der Waals surface area contributed by atoms with E-state index in [4.69, 9.17) is 5.73 Å². The van der Waals surface area contributed by atoms with Crippen molar-refractivity contribution in [1.82, 2.24) is 15.1 Å². The third-order valence-electron chi connectivity index (χ3n) is 6.54. The zero-order chi connectivity index (χ0) is 23.7. The first kappa shape index (κ1) is 24.0. The van der Waals surface area contributed by atoms with Crippen LogP contribution >= 0.6 is 0 Å². The molecule has 2 amide bonds. The predicted octanol–water partition coefficient (Wildman–Crippen LogP) is 3.74. The molecule has 0 bridgehead atoms. The Morgan fingerprint density at radius 1 is 1.28 bits per heavy atom. The van der Waals surface area contributed by atoms with Gasteiger partial charge in [0, 0.05) is 18.2 Å². The Bertz CT molecular complexity index is 917. The molecule has 10 heteroatoms. The third kappa shape index (κ3) is 4.60. The molecular formula is C22H29F4N5O. The minimum Gasteiger partial charge on any atom is -0.395 e. The molecule has 3 N–H and O–H groups in total. The summed E-state index contributed by atoms with van der Waals surface area (Å²) < 4.78 is 52.7. The lowest BCUT2D eigenvalue weighted by molar-refractivity contribution is -0.0925. The Labute approximate surface area is 185 Å². The quantitative estimate of drug-likeness (QED) is 0.413. The average molecular weight is 456 g/mol. The normalized spacial score (nSPS) is 27.4. The molecule has 1 aliphatic carbocycles. The lowest BCUT2D eigenvalue weighted by Crippen LogP contribution is -2.54. The number of nitrogens with zero attached hydrogens (tertiary/aromatic N) is 3. The Balaban J connectivity index is 1.83. The van der Waals surface area contributed by atoms with Crippen LogP contribution in [-0.4, -0.2) is 60.6 Å². The van der Waals surface area contributed by atoms with Crippen LogP contribution in [0.2, 0.25) is 0 Å². The molecule has 3 rings (SSSR count). The molecule has 0 unspecified atom stereocenters. The van der Waals surface area contributed by atoms with Crippen LogP contribution in [0.5, 0.6) is 0 Å². The lowest BCUT2D eigenvalue weighted by Gasteiger charge is -2.48. The van der Waals surface area contributed by atoms with Gasteiger partial charge in [-0.05, 0) is 64.4 Å². The summed E-state index contributed by atoms with van der Waals surface area (Å²) >= 11 is 0. The molecule has 2 aliphatic rings. The minimum atomic E-state index is -4.70. The molecule has 1 aliphatic heterocycles. The number of nitrogens with two attached hydrogens (primary N) is 1. The van der Waals surface area contributed by atoms with E-state index in [0.717, 1.165) is 5.56 Å². The number of rotatable bonds is 4. The number of amidine groups is 1. The van der Waals surface area contributed by atoms with Crippen LogP contribution in [0.3, 0.4) is 0 Å². The number of carbonyl (C=O) groups is 1. The summed E-state index contributed by atoms with van der Waals surface area (Å²) in [6.07, 6.45) is -1.52. The zero-order valence-electron chi connectivity index (χ0n) is 18.5. The number of alkyl halides is 3. The number of nitrogens with one attached hydrogen (secondary N) is 1. The van der Waals surface area contributed by atoms with Crippen LogP contribution in [0.15, 0.2) is 41.0 Å². The SMILES string of the molecule is CCN=C(C=C(N)C(F)(F)F)N1CC2(CCC(c3cccc(F)c3)(N(C)C)CC2)NC1=O. The van der Waals surface area contributed by atoms with Gasteiger partial charge in [0.25, 0.3) is 0 Å². The molecule has 1 aromatic carbocycles. The first-order valence-electron chi connectivity index (χ1n) is 10.5. The van der Waals surface area contributed by atoms with Crippen LogP contribution in [0.4, 0.5) is 22.4 Å². The Kier molecular flexibility index (Phi) is 6.55. The van der Waals surface area contributed by atoms with Crippen molar-refractivity contribution < 1.29 is 22.4 Å². The number of hydrogen-bond acceptors (Lipinski definition) is 4. The fraction of sp³-hybridized carbons (Fsp3) is 0.545. The van der Waals surface area contributed by atoms with Gasteiger partial charge in [-0.3, -0.25) is 14.8 Å². The molecule has 6 nitrogen and oxygen atoms in total. The molecular weight excluding hydrogens is 426 g/mol. The summed E-state index contributed by atoms with van der Waals surface area (Å²) in [5, 5.41) is 2.97. The van der Waals surface area contributed by atoms with E-state index < -0.39 is 29.0 Å². The maximum Gasteiger partial charge on any atom is 0.430 e. The van der Waals surface area contributed by atoms with E-state index in [2.05, 4.69) is 15.2 Å². The van der Waals surface area contributed by atoms with Gasteiger partial charge in [-0.25, -0.2) is 9.18 Å². The summed E-state index contributed by atoms with van der Waals surface area (Å²) in [5.74, 6) is -0.412. The molecule has 0 atom stereocenters. The molecule has 1 aromatic rings. The molecule has 1 spiro atoms. The van der Waals surface area contributed by atoms with Crippen molar-refractivity contribution in [2.75, 3.05) is 27.2 Å². The standard InChI is InChI=1S/C22H29F4N5O/c1-4-28-18(13-17(27)22(24,25)26)31-14-20(29-19(31)32)8-10-21(11-9-20,30(2)3)15-6-5-7-16(23)12-15/h5-7,12-13H,4,8-11,14,27H2,1-3H3,(H,29,32). The minimum absolute atomic E-state index is 0.105. The van der Waals surface area contributed by atoms with Gasteiger partial charge in [0.1, 0.15) is 17.3 Å². The van der Waals surface area contributed by atoms with Gasteiger partial charge in [-0.1, -0.05) is 12.1 Å². The molecule has 0 radical (unpaired) electrons. The van der Waals surface area contributed by atoms with E-state index in [0.29, 0.717) is 31.8 Å². The molecule has 1 saturated heterocycles. The molecule has 2 fully saturated rings. The van der Waals surface area contributed by atoms with Gasteiger partial charge < -0.3 is 11.1 Å². The number of benzene rings is 1. The van der Waals surface area contributed by atoms with E-state index in [-0.39, 0.29) is 24.7 Å². The second kappa shape index (κ2) is 8.73. The van der Waals surface area contributed by atoms with Gasteiger partial charge in [0.2, 0.25) is 0 Å². The Hall–Kier alpha value is -2.62. The van der Waals surface area contributed by atoms with Crippen molar-refractivity contribution in [2.45, 2.75) is 49.9 Å². The Morgan fingerprint density at radius 3 is 2.47 bits per heavy atom. The fourth-order valence-corrected chi connectivity index (χ4v) is 4.68. The smallest absolute Gasteiger partial charge is 0.395 e. The van der Waals surface area contributed by atoms with Crippen LogP contribution in [0.1, 0.15) is 38.2 Å². The summed E-state index contributed by atoms with van der Waals surface area (Å²) in [6.45, 7) is 2.07. The van der Waals surface area contributed by atoms with Crippen LogP contribution in [0, 0.1) is 5.82 Å². The first-order valence-corrected chi connectivity index (χ1v) is 10.5. The number of carbonyl (C=O) groups excluding carboxylic acids is 1. The third-order valence-corrected chi connectivity index (χ3v) is 6.54. The molecule has 0 aromatic heterocycles. The topological polar surface area (TPSA) is 74.0 Å². The van der Waals surface area contributed by atoms with Crippen molar-refractivity contribution in [1.29, 1.82) is 0 Å². The van der Waals surface area contributed by atoms with Crippen LogP contribution < -0.4 is 11.1 Å². The highest BCUT2D eigenvalue weighted by atomic mass is 19.4. The summed E-state index contributed by atoms with van der Waals surface area (Å²) in [7, 11) is 3.89. The number of halogens is 4. The summed E-state index contributed by atoms with van der Waals surface area (Å²) in [5.41, 5.74) is 3.74. The molecule has 1 saturated carbocycles. The van der Waals surface area contributed by atoms with E-state index in [1.807, 2.05) is 20.2 Å². The van der Waals surface area contributed by atoms with Gasteiger partial charge in [-0.2, -0.15) is 13.2 Å². The van der Waals surface area contributed by atoms with Crippen molar-refractivity contribution >= 4 is 11.9 Å². The van der Waals surface area contributed by atoms with Crippen LogP contribution in [0.25, 0.3) is 0 Å². The number of urea groups is 1. The van der Waals surface area contributed by atoms with E-state index in [9.17, 15) is 22.4 Å². The summed E-state index contributed by atoms with van der Waals surface area (Å²) in [6, 6.07) is 6.03. The highest BCUT2D eigenvalue weighted by Gasteiger charge is 2.51. The van der Waals surface area contributed by atoms with Gasteiger partial charge in [-0.15, -0.1) is 0 Å². The maximum absolute atomic E-state index is 13.9. The van der Waals surface area contributed by atoms with E-state index in [1.165, 1.54) is 17.0 Å². The molecule has 1 heterocycles. The molecule has 32 heavy (non-hydrogen) atoms. The average Bonchev–Trinajstić information content (AvgIpc) is 3.03. The highest BCUT2D eigenvalue weighted by molar-refractivity contribution is 6.05. The van der Waals surface area contributed by atoms with Crippen molar-refractivity contribution in [3.63, 3.8) is 0 Å². The number of amides is 2. The van der Waals surface area contributed by atoms with Gasteiger partial charge >= 0.3 is 12.2 Å². The second-order valence-corrected chi connectivity index (χ2v) is 8.66.